The van der Waals surface area contributed by atoms with Gasteiger partial charge < -0.3 is 10.5 Å². The molecule has 0 aliphatic heterocycles. The second-order valence-electron chi connectivity index (χ2n) is 5.10. The van der Waals surface area contributed by atoms with E-state index in [1.807, 2.05) is 26.8 Å². The summed E-state index contributed by atoms with van der Waals surface area (Å²) in [6, 6.07) is 3.57. The molecule has 0 saturated carbocycles. The summed E-state index contributed by atoms with van der Waals surface area (Å²) in [6.07, 6.45) is 1.63. The van der Waals surface area contributed by atoms with E-state index in [9.17, 15) is 8.42 Å². The Labute approximate surface area is 127 Å². The minimum absolute atomic E-state index is 0.317. The number of nitrogens with one attached hydrogen (secondary N) is 1. The van der Waals surface area contributed by atoms with Crippen molar-refractivity contribution in [3.05, 3.63) is 28.8 Å². The van der Waals surface area contributed by atoms with Gasteiger partial charge >= 0.3 is 0 Å². The molecule has 0 radical (unpaired) electrons. The van der Waals surface area contributed by atoms with Crippen LogP contribution in [0.5, 0.6) is 0 Å². The molecule has 1 rings (SSSR count). The summed E-state index contributed by atoms with van der Waals surface area (Å²) in [4.78, 5) is 0.317. The van der Waals surface area contributed by atoms with Crippen LogP contribution in [0.2, 0.25) is 0 Å². The number of benzene rings is 1. The molecule has 120 valence electrons. The average molecular weight is 314 g/mol. The van der Waals surface area contributed by atoms with E-state index in [1.165, 1.54) is 0 Å². The van der Waals surface area contributed by atoms with Gasteiger partial charge in [0.1, 0.15) is 0 Å². The van der Waals surface area contributed by atoms with Crippen molar-refractivity contribution in [2.75, 3.05) is 19.8 Å². The number of aryl methyl sites for hydroxylation is 1. The molecule has 0 atom stereocenters. The van der Waals surface area contributed by atoms with Gasteiger partial charge in [0.2, 0.25) is 10.0 Å². The average Bonchev–Trinajstić information content (AvgIpc) is 2.45. The molecule has 0 aliphatic rings. The van der Waals surface area contributed by atoms with Gasteiger partial charge in [-0.2, -0.15) is 0 Å². The van der Waals surface area contributed by atoms with Crippen molar-refractivity contribution in [1.29, 1.82) is 0 Å². The zero-order valence-corrected chi connectivity index (χ0v) is 13.9. The number of ether oxygens (including phenoxy) is 1. The molecule has 1 aromatic carbocycles. The summed E-state index contributed by atoms with van der Waals surface area (Å²) in [5, 5.41) is 0. The van der Waals surface area contributed by atoms with Crippen LogP contribution in [0.1, 0.15) is 36.5 Å². The van der Waals surface area contributed by atoms with Crippen LogP contribution in [0, 0.1) is 13.8 Å². The van der Waals surface area contributed by atoms with Crippen molar-refractivity contribution >= 4 is 10.0 Å². The van der Waals surface area contributed by atoms with E-state index in [4.69, 9.17) is 10.5 Å². The quantitative estimate of drug-likeness (QED) is 0.682. The monoisotopic (exact) mass is 314 g/mol. The van der Waals surface area contributed by atoms with Crippen LogP contribution >= 0.6 is 0 Å². The first-order valence-electron chi connectivity index (χ1n) is 7.30. The second-order valence-corrected chi connectivity index (χ2v) is 6.84. The summed E-state index contributed by atoms with van der Waals surface area (Å²) >= 11 is 0. The number of rotatable bonds is 9. The lowest BCUT2D eigenvalue weighted by atomic mass is 10.1. The third-order valence-corrected chi connectivity index (χ3v) is 4.90. The van der Waals surface area contributed by atoms with E-state index < -0.39 is 10.0 Å². The Kier molecular flexibility index (Phi) is 7.31. The van der Waals surface area contributed by atoms with Gasteiger partial charge in [-0.25, -0.2) is 13.1 Å². The molecule has 0 fully saturated rings. The first-order valence-corrected chi connectivity index (χ1v) is 8.78. The molecule has 0 saturated heterocycles. The van der Waals surface area contributed by atoms with Crippen LogP contribution in [0.15, 0.2) is 17.0 Å². The van der Waals surface area contributed by atoms with Gasteiger partial charge in [-0.3, -0.25) is 0 Å². The van der Waals surface area contributed by atoms with Gasteiger partial charge in [0.15, 0.2) is 0 Å². The Morgan fingerprint density at radius 3 is 2.57 bits per heavy atom. The van der Waals surface area contributed by atoms with Crippen molar-refractivity contribution in [3.63, 3.8) is 0 Å². The second kappa shape index (κ2) is 8.48. The maximum Gasteiger partial charge on any atom is 0.240 e. The molecule has 21 heavy (non-hydrogen) atoms. The maximum atomic E-state index is 12.4. The van der Waals surface area contributed by atoms with Gasteiger partial charge in [-0.05, 0) is 49.4 Å². The van der Waals surface area contributed by atoms with Gasteiger partial charge in [-0.15, -0.1) is 0 Å². The highest BCUT2D eigenvalue weighted by Crippen LogP contribution is 2.20. The minimum atomic E-state index is -3.50. The molecule has 0 amide bonds. The van der Waals surface area contributed by atoms with E-state index in [-0.39, 0.29) is 0 Å². The van der Waals surface area contributed by atoms with Crippen molar-refractivity contribution in [3.8, 4) is 0 Å². The SMILES string of the molecule is CCCOCCCNS(=O)(=O)c1cc(CN)cc(C)c1C. The lowest BCUT2D eigenvalue weighted by molar-refractivity contribution is 0.133. The van der Waals surface area contributed by atoms with Crippen molar-refractivity contribution in [2.45, 2.75) is 45.1 Å². The number of nitrogens with two attached hydrogens (primary N) is 1. The van der Waals surface area contributed by atoms with Crippen molar-refractivity contribution in [1.82, 2.24) is 4.72 Å². The molecule has 0 aromatic heterocycles. The Morgan fingerprint density at radius 1 is 1.24 bits per heavy atom. The molecule has 5 nitrogen and oxygen atoms in total. The third-order valence-electron chi connectivity index (χ3n) is 3.31. The predicted molar refractivity (Wildman–Crippen MR) is 84.7 cm³/mol. The van der Waals surface area contributed by atoms with E-state index in [1.54, 1.807) is 6.07 Å². The Bertz CT molecular complexity index is 556. The van der Waals surface area contributed by atoms with Crippen LogP contribution in [-0.2, 0) is 21.3 Å². The van der Waals surface area contributed by atoms with E-state index in [0.29, 0.717) is 37.6 Å². The van der Waals surface area contributed by atoms with E-state index in [0.717, 1.165) is 23.1 Å². The first kappa shape index (κ1) is 18.1. The van der Waals surface area contributed by atoms with Crippen LogP contribution < -0.4 is 10.5 Å². The lowest BCUT2D eigenvalue weighted by Gasteiger charge is -2.13. The summed E-state index contributed by atoms with van der Waals surface area (Å²) in [5.74, 6) is 0. The van der Waals surface area contributed by atoms with Crippen LogP contribution in [0.4, 0.5) is 0 Å². The Hall–Kier alpha value is -0.950. The summed E-state index contributed by atoms with van der Waals surface area (Å²) in [5.41, 5.74) is 8.14. The highest BCUT2D eigenvalue weighted by Gasteiger charge is 2.18. The first-order chi connectivity index (χ1) is 9.92. The van der Waals surface area contributed by atoms with E-state index >= 15 is 0 Å². The minimum Gasteiger partial charge on any atom is -0.381 e. The molecule has 0 heterocycles. The Morgan fingerprint density at radius 2 is 1.95 bits per heavy atom. The molecule has 6 heteroatoms. The van der Waals surface area contributed by atoms with Crippen LogP contribution in [0.3, 0.4) is 0 Å². The topological polar surface area (TPSA) is 81.4 Å². The molecule has 0 unspecified atom stereocenters. The summed E-state index contributed by atoms with van der Waals surface area (Å²) < 4.78 is 32.7. The fourth-order valence-electron chi connectivity index (χ4n) is 2.00. The third kappa shape index (κ3) is 5.39. The molecule has 0 spiro atoms. The molecular formula is C15H26N2O3S. The number of hydrogen-bond donors (Lipinski definition) is 2. The highest BCUT2D eigenvalue weighted by atomic mass is 32.2. The number of sulfonamides is 1. The van der Waals surface area contributed by atoms with Crippen molar-refractivity contribution < 1.29 is 13.2 Å². The van der Waals surface area contributed by atoms with Gasteiger partial charge in [0.05, 0.1) is 4.90 Å². The predicted octanol–water partition coefficient (Wildman–Crippen LogP) is 1.86. The molecule has 0 bridgehead atoms. The van der Waals surface area contributed by atoms with Crippen molar-refractivity contribution in [2.24, 2.45) is 5.73 Å². The highest BCUT2D eigenvalue weighted by molar-refractivity contribution is 7.89. The fourth-order valence-corrected chi connectivity index (χ4v) is 3.44. The van der Waals surface area contributed by atoms with Gasteiger partial charge in [0, 0.05) is 26.3 Å². The molecule has 1 aromatic rings. The molecule has 3 N–H and O–H groups in total. The normalized spacial score (nSPS) is 11.8. The van der Waals surface area contributed by atoms with Crippen LogP contribution in [-0.4, -0.2) is 28.2 Å². The number of hydrogen-bond acceptors (Lipinski definition) is 4. The van der Waals surface area contributed by atoms with Gasteiger partial charge in [0.25, 0.3) is 0 Å². The maximum absolute atomic E-state index is 12.4. The van der Waals surface area contributed by atoms with Crippen LogP contribution in [0.25, 0.3) is 0 Å². The van der Waals surface area contributed by atoms with E-state index in [2.05, 4.69) is 4.72 Å². The lowest BCUT2D eigenvalue weighted by Crippen LogP contribution is -2.26. The largest absolute Gasteiger partial charge is 0.381 e. The van der Waals surface area contributed by atoms with Gasteiger partial charge in [-0.1, -0.05) is 13.0 Å². The smallest absolute Gasteiger partial charge is 0.240 e. The fraction of sp³-hybridized carbons (Fsp3) is 0.600. The Balaban J connectivity index is 2.72. The zero-order chi connectivity index (χ0) is 15.9. The summed E-state index contributed by atoms with van der Waals surface area (Å²) in [6.45, 7) is 7.73. The molecule has 0 aliphatic carbocycles. The summed E-state index contributed by atoms with van der Waals surface area (Å²) in [7, 11) is -3.50. The molecular weight excluding hydrogens is 288 g/mol. The standard InChI is InChI=1S/C15H26N2O3S/c1-4-7-20-8-5-6-17-21(18,19)15-10-14(11-16)9-12(2)13(15)3/h9-10,17H,4-8,11,16H2,1-3H3. The zero-order valence-electron chi connectivity index (χ0n) is 13.1.